The van der Waals surface area contributed by atoms with Gasteiger partial charge >= 0.3 is 6.09 Å². The van der Waals surface area contributed by atoms with Crippen molar-refractivity contribution in [3.05, 3.63) is 65.0 Å². The summed E-state index contributed by atoms with van der Waals surface area (Å²) in [5.41, 5.74) is 1.79. The molecule has 2 aromatic rings. The monoisotopic (exact) mass is 474 g/mol. The van der Waals surface area contributed by atoms with Crippen molar-refractivity contribution in [2.45, 2.75) is 31.6 Å². The van der Waals surface area contributed by atoms with Crippen LogP contribution < -0.4 is 10.6 Å². The van der Waals surface area contributed by atoms with E-state index in [4.69, 9.17) is 5.11 Å². The Balaban J connectivity index is 1.71. The number of alkyl halides is 2. The minimum absolute atomic E-state index is 0.00658. The first-order valence-electron chi connectivity index (χ1n) is 11.0. The Labute approximate surface area is 196 Å². The molecule has 1 aliphatic heterocycles. The van der Waals surface area contributed by atoms with Crippen LogP contribution in [0.1, 0.15) is 57.8 Å². The molecule has 3 amide bonds. The molecule has 0 radical (unpaired) electrons. The number of carboxylic acid groups (broad SMARTS) is 1. The molecule has 0 saturated carbocycles. The molecule has 10 heteroatoms. The number of carbonyl (C=O) groups is 3. The van der Waals surface area contributed by atoms with Crippen LogP contribution in [-0.2, 0) is 0 Å². The van der Waals surface area contributed by atoms with E-state index < -0.39 is 36.3 Å². The van der Waals surface area contributed by atoms with E-state index in [1.165, 1.54) is 13.1 Å². The van der Waals surface area contributed by atoms with Gasteiger partial charge in [-0.15, -0.1) is 0 Å². The first-order valence-corrected chi connectivity index (χ1v) is 11.0. The molecule has 1 saturated heterocycles. The van der Waals surface area contributed by atoms with Gasteiger partial charge < -0.3 is 20.6 Å². The highest BCUT2D eigenvalue weighted by atomic mass is 19.3. The first kappa shape index (κ1) is 25.1. The van der Waals surface area contributed by atoms with Crippen LogP contribution in [0.25, 0.3) is 0 Å². The largest absolute Gasteiger partial charge is 0.465 e. The van der Waals surface area contributed by atoms with Crippen molar-refractivity contribution in [2.75, 3.05) is 26.7 Å². The Bertz CT molecular complexity index is 1050. The number of rotatable bonds is 7. The molecular weight excluding hydrogens is 446 g/mol. The van der Waals surface area contributed by atoms with E-state index >= 15 is 0 Å². The normalized spacial score (nSPS) is 18.1. The van der Waals surface area contributed by atoms with E-state index in [2.05, 4.69) is 15.6 Å². The Morgan fingerprint density at radius 3 is 2.53 bits per heavy atom. The van der Waals surface area contributed by atoms with Crippen LogP contribution in [0.4, 0.5) is 13.6 Å². The average molecular weight is 475 g/mol. The van der Waals surface area contributed by atoms with Crippen molar-refractivity contribution in [1.29, 1.82) is 0 Å². The molecule has 2 atom stereocenters. The zero-order valence-electron chi connectivity index (χ0n) is 19.1. The van der Waals surface area contributed by atoms with Crippen molar-refractivity contribution >= 4 is 17.9 Å². The molecule has 1 unspecified atom stereocenters. The summed E-state index contributed by atoms with van der Waals surface area (Å²) in [7, 11) is 1.47. The van der Waals surface area contributed by atoms with Crippen molar-refractivity contribution in [3.63, 3.8) is 0 Å². The number of amides is 3. The molecular formula is C24H28F2N4O4. The fourth-order valence-electron chi connectivity index (χ4n) is 4.03. The summed E-state index contributed by atoms with van der Waals surface area (Å²) in [6, 6.07) is 12.5. The van der Waals surface area contributed by atoms with Gasteiger partial charge in [-0.1, -0.05) is 37.3 Å². The number of nitrogens with one attached hydrogen (secondary N) is 2. The number of halogens is 2. The molecule has 1 aromatic carbocycles. The third kappa shape index (κ3) is 5.86. The van der Waals surface area contributed by atoms with E-state index in [1.54, 1.807) is 6.07 Å². The topological polar surface area (TPSA) is 112 Å². The predicted molar refractivity (Wildman–Crippen MR) is 121 cm³/mol. The Morgan fingerprint density at radius 2 is 1.91 bits per heavy atom. The molecule has 1 aromatic heterocycles. The van der Waals surface area contributed by atoms with Crippen molar-refractivity contribution < 1.29 is 28.3 Å². The highest BCUT2D eigenvalue weighted by Crippen LogP contribution is 2.35. The molecule has 0 aliphatic carbocycles. The highest BCUT2D eigenvalue weighted by Gasteiger charge is 2.45. The molecule has 3 rings (SSSR count). The lowest BCUT2D eigenvalue weighted by atomic mass is 9.90. The van der Waals surface area contributed by atoms with Gasteiger partial charge in [0.1, 0.15) is 5.69 Å². The van der Waals surface area contributed by atoms with Gasteiger partial charge in [-0.3, -0.25) is 9.59 Å². The number of pyridine rings is 1. The molecule has 2 heterocycles. The van der Waals surface area contributed by atoms with Gasteiger partial charge in [0.15, 0.2) is 0 Å². The smallest absolute Gasteiger partial charge is 0.407 e. The summed E-state index contributed by atoms with van der Waals surface area (Å²) < 4.78 is 28.7. The standard InChI is InChI=1S/C24H28F2N4O4/c1-15(16-6-4-3-5-7-16)19-12-17(13-20(29-19)22(32)27-2)21(31)28-10-8-18-9-11-30(23(33)34)14-24(18,25)26/h3-7,12-13,15,18H,8-11,14H2,1-2H3,(H,27,32)(H,28,31)(H,33,34)/t15-,18?/m0/s1. The zero-order chi connectivity index (χ0) is 24.9. The second-order valence-electron chi connectivity index (χ2n) is 8.37. The summed E-state index contributed by atoms with van der Waals surface area (Å²) in [5.74, 6) is -5.32. The number of piperidine rings is 1. The lowest BCUT2D eigenvalue weighted by Crippen LogP contribution is -2.50. The number of carbonyl (C=O) groups excluding carboxylic acids is 2. The third-order valence-corrected chi connectivity index (χ3v) is 6.11. The van der Waals surface area contributed by atoms with Gasteiger partial charge in [0, 0.05) is 43.2 Å². The minimum atomic E-state index is -3.16. The maximum Gasteiger partial charge on any atom is 0.407 e. The van der Waals surface area contributed by atoms with Gasteiger partial charge in [-0.2, -0.15) is 0 Å². The van der Waals surface area contributed by atoms with Crippen LogP contribution in [0, 0.1) is 5.92 Å². The fourth-order valence-corrected chi connectivity index (χ4v) is 4.03. The molecule has 1 aliphatic rings. The first-order chi connectivity index (χ1) is 16.1. The number of likely N-dealkylation sites (tertiary alicyclic amines) is 1. The number of aromatic nitrogens is 1. The summed E-state index contributed by atoms with van der Waals surface area (Å²) in [5, 5.41) is 14.1. The summed E-state index contributed by atoms with van der Waals surface area (Å²) >= 11 is 0. The SMILES string of the molecule is CNC(=O)c1cc(C(=O)NCCC2CCN(C(=O)O)CC2(F)F)cc([C@@H](C)c2ccccc2)n1. The van der Waals surface area contributed by atoms with Crippen molar-refractivity contribution in [3.8, 4) is 0 Å². The average Bonchev–Trinajstić information content (AvgIpc) is 2.83. The summed E-state index contributed by atoms with van der Waals surface area (Å²) in [4.78, 5) is 41.1. The molecule has 1 fully saturated rings. The molecule has 0 bridgehead atoms. The number of hydrogen-bond acceptors (Lipinski definition) is 4. The van der Waals surface area contributed by atoms with E-state index in [0.717, 1.165) is 5.56 Å². The van der Waals surface area contributed by atoms with Crippen LogP contribution in [0.2, 0.25) is 0 Å². The third-order valence-electron chi connectivity index (χ3n) is 6.11. The Morgan fingerprint density at radius 1 is 1.21 bits per heavy atom. The van der Waals surface area contributed by atoms with Crippen molar-refractivity contribution in [1.82, 2.24) is 20.5 Å². The van der Waals surface area contributed by atoms with Crippen LogP contribution >= 0.6 is 0 Å². The Kier molecular flexibility index (Phi) is 7.80. The van der Waals surface area contributed by atoms with Crippen LogP contribution in [0.3, 0.4) is 0 Å². The Hall–Kier alpha value is -3.56. The zero-order valence-corrected chi connectivity index (χ0v) is 19.1. The van der Waals surface area contributed by atoms with Gasteiger partial charge in [0.25, 0.3) is 17.7 Å². The van der Waals surface area contributed by atoms with Gasteiger partial charge in [0.2, 0.25) is 0 Å². The predicted octanol–water partition coefficient (Wildman–Crippen LogP) is 3.35. The molecule has 182 valence electrons. The van der Waals surface area contributed by atoms with Crippen LogP contribution in [0.5, 0.6) is 0 Å². The maximum atomic E-state index is 14.3. The molecule has 3 N–H and O–H groups in total. The van der Waals surface area contributed by atoms with Gasteiger partial charge in [0.05, 0.1) is 6.54 Å². The molecule has 34 heavy (non-hydrogen) atoms. The second kappa shape index (κ2) is 10.6. The van der Waals surface area contributed by atoms with Gasteiger partial charge in [-0.25, -0.2) is 18.6 Å². The molecule has 0 spiro atoms. The number of nitrogens with zero attached hydrogens (tertiary/aromatic N) is 2. The summed E-state index contributed by atoms with van der Waals surface area (Å²) in [6.07, 6.45) is -1.34. The molecule has 8 nitrogen and oxygen atoms in total. The maximum absolute atomic E-state index is 14.3. The van der Waals surface area contributed by atoms with E-state index in [0.29, 0.717) is 10.6 Å². The highest BCUT2D eigenvalue weighted by molar-refractivity contribution is 5.98. The van der Waals surface area contributed by atoms with Crippen molar-refractivity contribution in [2.24, 2.45) is 5.92 Å². The van der Waals surface area contributed by atoms with Crippen LogP contribution in [0.15, 0.2) is 42.5 Å². The number of benzene rings is 1. The van der Waals surface area contributed by atoms with E-state index in [9.17, 15) is 23.2 Å². The van der Waals surface area contributed by atoms with Crippen LogP contribution in [-0.4, -0.2) is 65.5 Å². The van der Waals surface area contributed by atoms with E-state index in [-0.39, 0.29) is 43.1 Å². The second-order valence-corrected chi connectivity index (χ2v) is 8.37. The quantitative estimate of drug-likeness (QED) is 0.570. The van der Waals surface area contributed by atoms with E-state index in [1.807, 2.05) is 37.3 Å². The minimum Gasteiger partial charge on any atom is -0.465 e. The van der Waals surface area contributed by atoms with Gasteiger partial charge in [-0.05, 0) is 30.5 Å². The fraction of sp³-hybridized carbons (Fsp3) is 0.417. The number of hydrogen-bond donors (Lipinski definition) is 3. The lowest BCUT2D eigenvalue weighted by Gasteiger charge is -2.37. The summed E-state index contributed by atoms with van der Waals surface area (Å²) in [6.45, 7) is 1.09. The lowest BCUT2D eigenvalue weighted by molar-refractivity contribution is -0.106.